The molecule has 18 heavy (non-hydrogen) atoms. The van der Waals surface area contributed by atoms with E-state index in [1.165, 1.54) is 0 Å². The predicted octanol–water partition coefficient (Wildman–Crippen LogP) is 2.63. The second-order valence-corrected chi connectivity index (χ2v) is 4.88. The molecule has 1 aliphatic rings. The van der Waals surface area contributed by atoms with Crippen molar-refractivity contribution >= 4 is 23.3 Å². The number of anilines is 1. The quantitative estimate of drug-likeness (QED) is 0.882. The van der Waals surface area contributed by atoms with Crippen molar-refractivity contribution in [3.8, 4) is 0 Å². The Hall–Kier alpha value is -1.26. The van der Waals surface area contributed by atoms with E-state index in [-0.39, 0.29) is 5.92 Å². The summed E-state index contributed by atoms with van der Waals surface area (Å²) in [6.07, 6.45) is 1.77. The van der Waals surface area contributed by atoms with E-state index in [0.29, 0.717) is 11.6 Å². The van der Waals surface area contributed by atoms with Crippen LogP contribution < -0.4 is 5.32 Å². The Labute approximate surface area is 111 Å². The molecule has 0 radical (unpaired) electrons. The molecule has 1 fully saturated rings. The van der Waals surface area contributed by atoms with Crippen molar-refractivity contribution in [1.82, 2.24) is 0 Å². The Morgan fingerprint density at radius 2 is 2.39 bits per heavy atom. The Morgan fingerprint density at radius 3 is 3.00 bits per heavy atom. The van der Waals surface area contributed by atoms with Gasteiger partial charge < -0.3 is 15.2 Å². The van der Waals surface area contributed by atoms with Gasteiger partial charge in [0.15, 0.2) is 0 Å². The molecule has 1 saturated heterocycles. The van der Waals surface area contributed by atoms with E-state index in [1.54, 1.807) is 18.2 Å². The number of carboxylic acids is 1. The first-order valence-electron chi connectivity index (χ1n) is 5.99. The van der Waals surface area contributed by atoms with Crippen molar-refractivity contribution in [3.63, 3.8) is 0 Å². The highest BCUT2D eigenvalue weighted by molar-refractivity contribution is 6.30. The summed E-state index contributed by atoms with van der Waals surface area (Å²) in [5.41, 5.74) is 0.723. The van der Waals surface area contributed by atoms with Gasteiger partial charge >= 0.3 is 5.97 Å². The Bertz CT molecular complexity index is 418. The van der Waals surface area contributed by atoms with Crippen LogP contribution in [0.25, 0.3) is 0 Å². The van der Waals surface area contributed by atoms with Crippen LogP contribution in [-0.2, 0) is 9.53 Å². The van der Waals surface area contributed by atoms with Crippen molar-refractivity contribution in [2.45, 2.75) is 18.9 Å². The number of halogens is 1. The summed E-state index contributed by atoms with van der Waals surface area (Å²) in [5, 5.41) is 12.9. The zero-order valence-electron chi connectivity index (χ0n) is 9.93. The normalized spacial score (nSPS) is 21.3. The summed E-state index contributed by atoms with van der Waals surface area (Å²) < 4.78 is 5.35. The van der Waals surface area contributed by atoms with E-state index in [0.717, 1.165) is 25.1 Å². The summed E-state index contributed by atoms with van der Waals surface area (Å²) in [5.74, 6) is -0.860. The highest BCUT2D eigenvalue weighted by Crippen LogP contribution is 2.22. The van der Waals surface area contributed by atoms with Gasteiger partial charge in [0, 0.05) is 23.2 Å². The summed E-state index contributed by atoms with van der Waals surface area (Å²) in [6.45, 7) is 1.21. The summed E-state index contributed by atoms with van der Waals surface area (Å²) >= 11 is 5.88. The molecule has 0 bridgehead atoms. The van der Waals surface area contributed by atoms with Crippen LogP contribution in [0.5, 0.6) is 0 Å². The minimum Gasteiger partial charge on any atom is -0.480 e. The molecule has 4 nitrogen and oxygen atoms in total. The maximum Gasteiger partial charge on any atom is 0.326 e. The van der Waals surface area contributed by atoms with E-state index in [2.05, 4.69) is 5.32 Å². The number of nitrogens with one attached hydrogen (secondary N) is 1. The van der Waals surface area contributed by atoms with Crippen molar-refractivity contribution < 1.29 is 14.6 Å². The minimum absolute atomic E-state index is 0.00442. The standard InChI is InChI=1S/C13H16ClNO3/c14-10-4-1-5-11(7-10)15-12(13(16)17)9-3-2-6-18-8-9/h1,4-5,7,9,12,15H,2-3,6,8H2,(H,16,17). The number of carboxylic acid groups (broad SMARTS) is 1. The maximum atomic E-state index is 11.3. The van der Waals surface area contributed by atoms with Crippen LogP contribution in [0.2, 0.25) is 5.02 Å². The number of aliphatic carboxylic acids is 1. The monoisotopic (exact) mass is 269 g/mol. The Balaban J connectivity index is 2.08. The molecule has 2 unspecified atom stereocenters. The summed E-state index contributed by atoms with van der Waals surface area (Å²) in [4.78, 5) is 11.3. The average Bonchev–Trinajstić information content (AvgIpc) is 2.37. The molecule has 1 aromatic rings. The second kappa shape index (κ2) is 6.07. The zero-order chi connectivity index (χ0) is 13.0. The fourth-order valence-corrected chi connectivity index (χ4v) is 2.36. The lowest BCUT2D eigenvalue weighted by Crippen LogP contribution is -2.40. The number of carbonyl (C=O) groups is 1. The van der Waals surface area contributed by atoms with Gasteiger partial charge in [-0.05, 0) is 31.0 Å². The van der Waals surface area contributed by atoms with E-state index in [9.17, 15) is 9.90 Å². The van der Waals surface area contributed by atoms with Crippen LogP contribution in [0.3, 0.4) is 0 Å². The van der Waals surface area contributed by atoms with Gasteiger partial charge in [0.05, 0.1) is 6.61 Å². The first-order chi connectivity index (χ1) is 8.66. The van der Waals surface area contributed by atoms with Gasteiger partial charge in [-0.25, -0.2) is 4.79 Å². The van der Waals surface area contributed by atoms with Crippen molar-refractivity contribution in [2.24, 2.45) is 5.92 Å². The maximum absolute atomic E-state index is 11.3. The lowest BCUT2D eigenvalue weighted by Gasteiger charge is -2.28. The third kappa shape index (κ3) is 3.37. The van der Waals surface area contributed by atoms with Crippen LogP contribution in [0.1, 0.15) is 12.8 Å². The molecule has 2 N–H and O–H groups in total. The molecule has 5 heteroatoms. The lowest BCUT2D eigenvalue weighted by molar-refractivity contribution is -0.140. The first kappa shape index (κ1) is 13.2. The number of ether oxygens (including phenoxy) is 1. The third-order valence-electron chi connectivity index (χ3n) is 3.08. The molecular formula is C13H16ClNO3. The minimum atomic E-state index is -0.856. The fraction of sp³-hybridized carbons (Fsp3) is 0.462. The molecule has 98 valence electrons. The topological polar surface area (TPSA) is 58.6 Å². The molecule has 0 spiro atoms. The number of hydrogen-bond donors (Lipinski definition) is 2. The molecule has 1 heterocycles. The highest BCUT2D eigenvalue weighted by Gasteiger charge is 2.29. The van der Waals surface area contributed by atoms with Crippen LogP contribution >= 0.6 is 11.6 Å². The smallest absolute Gasteiger partial charge is 0.326 e. The number of hydrogen-bond acceptors (Lipinski definition) is 3. The van der Waals surface area contributed by atoms with E-state index < -0.39 is 12.0 Å². The van der Waals surface area contributed by atoms with Gasteiger partial charge in [-0.1, -0.05) is 17.7 Å². The molecule has 1 aliphatic heterocycles. The summed E-state index contributed by atoms with van der Waals surface area (Å²) in [6, 6.07) is 6.45. The predicted molar refractivity (Wildman–Crippen MR) is 70.0 cm³/mol. The number of rotatable bonds is 4. The second-order valence-electron chi connectivity index (χ2n) is 4.45. The first-order valence-corrected chi connectivity index (χ1v) is 6.37. The van der Waals surface area contributed by atoms with Crippen molar-refractivity contribution in [3.05, 3.63) is 29.3 Å². The SMILES string of the molecule is O=C(O)C(Nc1cccc(Cl)c1)C1CCCOC1. The van der Waals surface area contributed by atoms with Crippen LogP contribution in [0.15, 0.2) is 24.3 Å². The van der Waals surface area contributed by atoms with Gasteiger partial charge in [0.1, 0.15) is 6.04 Å². The molecule has 0 aliphatic carbocycles. The summed E-state index contributed by atoms with van der Waals surface area (Å²) in [7, 11) is 0. The Kier molecular flexibility index (Phi) is 4.44. The van der Waals surface area contributed by atoms with Crippen LogP contribution in [0, 0.1) is 5.92 Å². The van der Waals surface area contributed by atoms with E-state index >= 15 is 0 Å². The third-order valence-corrected chi connectivity index (χ3v) is 3.31. The van der Waals surface area contributed by atoms with Gasteiger partial charge in [0.2, 0.25) is 0 Å². The van der Waals surface area contributed by atoms with E-state index in [4.69, 9.17) is 16.3 Å². The number of benzene rings is 1. The van der Waals surface area contributed by atoms with Gasteiger partial charge in [-0.2, -0.15) is 0 Å². The van der Waals surface area contributed by atoms with Gasteiger partial charge in [0.25, 0.3) is 0 Å². The molecule has 0 saturated carbocycles. The van der Waals surface area contributed by atoms with Crippen molar-refractivity contribution in [2.75, 3.05) is 18.5 Å². The average molecular weight is 270 g/mol. The molecule has 2 rings (SSSR count). The molecule has 0 amide bonds. The zero-order valence-corrected chi connectivity index (χ0v) is 10.7. The largest absolute Gasteiger partial charge is 0.480 e. The lowest BCUT2D eigenvalue weighted by atomic mass is 9.93. The van der Waals surface area contributed by atoms with Gasteiger partial charge in [-0.3, -0.25) is 0 Å². The Morgan fingerprint density at radius 1 is 1.56 bits per heavy atom. The van der Waals surface area contributed by atoms with Gasteiger partial charge in [-0.15, -0.1) is 0 Å². The fourth-order valence-electron chi connectivity index (χ4n) is 2.17. The molecule has 0 aromatic heterocycles. The molecular weight excluding hydrogens is 254 g/mol. The van der Waals surface area contributed by atoms with E-state index in [1.807, 2.05) is 6.07 Å². The van der Waals surface area contributed by atoms with Crippen LogP contribution in [-0.4, -0.2) is 30.3 Å². The molecule has 1 aromatic carbocycles. The molecule has 2 atom stereocenters. The van der Waals surface area contributed by atoms with Crippen LogP contribution in [0.4, 0.5) is 5.69 Å². The van der Waals surface area contributed by atoms with Crippen molar-refractivity contribution in [1.29, 1.82) is 0 Å². The highest BCUT2D eigenvalue weighted by atomic mass is 35.5.